The molecule has 124 valence electrons. The van der Waals surface area contributed by atoms with E-state index < -0.39 is 4.92 Å². The van der Waals surface area contributed by atoms with E-state index in [1.165, 1.54) is 12.5 Å². The first-order valence-corrected chi connectivity index (χ1v) is 8.32. The average molecular weight is 317 g/mol. The Morgan fingerprint density at radius 2 is 2.09 bits per heavy atom. The molecule has 1 N–H and O–H groups in total. The predicted molar refractivity (Wildman–Crippen MR) is 87.5 cm³/mol. The number of benzene rings is 1. The second kappa shape index (κ2) is 6.28. The molecule has 2 aliphatic rings. The summed E-state index contributed by atoms with van der Waals surface area (Å²) >= 11 is 0. The Kier molecular flexibility index (Phi) is 4.35. The van der Waals surface area contributed by atoms with Crippen molar-refractivity contribution in [3.63, 3.8) is 0 Å². The van der Waals surface area contributed by atoms with Crippen LogP contribution in [0.4, 0.5) is 5.69 Å². The molecule has 23 heavy (non-hydrogen) atoms. The Labute approximate surface area is 136 Å². The summed E-state index contributed by atoms with van der Waals surface area (Å²) in [6.45, 7) is 5.47. The summed E-state index contributed by atoms with van der Waals surface area (Å²) in [5, 5.41) is 14.6. The van der Waals surface area contributed by atoms with E-state index in [4.69, 9.17) is 0 Å². The van der Waals surface area contributed by atoms with Gasteiger partial charge in [0.2, 0.25) is 0 Å². The first-order valence-electron chi connectivity index (χ1n) is 8.32. The number of likely N-dealkylation sites (tertiary alicyclic amines) is 1. The van der Waals surface area contributed by atoms with Crippen molar-refractivity contribution in [3.05, 3.63) is 39.4 Å². The molecule has 0 bridgehead atoms. The molecule has 6 heteroatoms. The van der Waals surface area contributed by atoms with E-state index in [0.717, 1.165) is 39.0 Å². The molecule has 1 aromatic rings. The molecule has 0 unspecified atom stereocenters. The lowest BCUT2D eigenvalue weighted by atomic mass is 9.78. The van der Waals surface area contributed by atoms with Gasteiger partial charge in [0.1, 0.15) is 0 Å². The largest absolute Gasteiger partial charge is 0.339 e. The van der Waals surface area contributed by atoms with Crippen LogP contribution in [0, 0.1) is 15.5 Å². The summed E-state index contributed by atoms with van der Waals surface area (Å²) < 4.78 is 0. The number of nitrogens with one attached hydrogen (secondary N) is 1. The molecule has 1 amide bonds. The number of nitrogens with zero attached hydrogens (tertiary/aromatic N) is 2. The Morgan fingerprint density at radius 3 is 2.65 bits per heavy atom. The zero-order chi connectivity index (χ0) is 16.4. The predicted octanol–water partition coefficient (Wildman–Crippen LogP) is 2.37. The van der Waals surface area contributed by atoms with Gasteiger partial charge in [0.25, 0.3) is 11.6 Å². The maximum absolute atomic E-state index is 12.7. The number of nitro groups is 1. The molecular weight excluding hydrogens is 294 g/mol. The van der Waals surface area contributed by atoms with E-state index in [1.807, 2.05) is 11.8 Å². The number of rotatable bonds is 3. The summed E-state index contributed by atoms with van der Waals surface area (Å²) in [5.41, 5.74) is 1.50. The van der Waals surface area contributed by atoms with Crippen molar-refractivity contribution in [2.24, 2.45) is 5.41 Å². The lowest BCUT2D eigenvalue weighted by molar-refractivity contribution is -0.385. The fourth-order valence-electron chi connectivity index (χ4n) is 3.75. The minimum Gasteiger partial charge on any atom is -0.339 e. The SMILES string of the molecule is CCc1ccc(C(=O)N2CCC3(CCNC3)CC2)cc1[N+](=O)[O-]. The first kappa shape index (κ1) is 15.9. The highest BCUT2D eigenvalue weighted by Crippen LogP contribution is 2.37. The lowest BCUT2D eigenvalue weighted by Gasteiger charge is -2.38. The molecule has 3 rings (SSSR count). The minimum absolute atomic E-state index is 0.0480. The monoisotopic (exact) mass is 317 g/mol. The zero-order valence-electron chi connectivity index (χ0n) is 13.5. The summed E-state index contributed by atoms with van der Waals surface area (Å²) in [5.74, 6) is -0.0865. The molecule has 1 aromatic carbocycles. The summed E-state index contributed by atoms with van der Waals surface area (Å²) in [6, 6.07) is 4.86. The normalized spacial score (nSPS) is 20.0. The van der Waals surface area contributed by atoms with Gasteiger partial charge >= 0.3 is 0 Å². The van der Waals surface area contributed by atoms with Crippen molar-refractivity contribution in [1.29, 1.82) is 0 Å². The van der Waals surface area contributed by atoms with Gasteiger partial charge < -0.3 is 10.2 Å². The van der Waals surface area contributed by atoms with Crippen LogP contribution in [0.3, 0.4) is 0 Å². The Morgan fingerprint density at radius 1 is 1.35 bits per heavy atom. The number of nitro benzene ring substituents is 1. The first-order chi connectivity index (χ1) is 11.0. The van der Waals surface area contributed by atoms with Gasteiger partial charge in [-0.1, -0.05) is 13.0 Å². The minimum atomic E-state index is -0.398. The average Bonchev–Trinajstić information content (AvgIpc) is 3.02. The van der Waals surface area contributed by atoms with Gasteiger partial charge in [0, 0.05) is 36.8 Å². The van der Waals surface area contributed by atoms with Crippen LogP contribution in [0.2, 0.25) is 0 Å². The van der Waals surface area contributed by atoms with Crippen molar-refractivity contribution >= 4 is 11.6 Å². The smallest absolute Gasteiger partial charge is 0.273 e. The maximum Gasteiger partial charge on any atom is 0.273 e. The Hall–Kier alpha value is -1.95. The number of aryl methyl sites for hydroxylation is 1. The van der Waals surface area contributed by atoms with Gasteiger partial charge in [0.15, 0.2) is 0 Å². The third kappa shape index (κ3) is 3.08. The van der Waals surface area contributed by atoms with Crippen LogP contribution < -0.4 is 5.32 Å². The quantitative estimate of drug-likeness (QED) is 0.686. The zero-order valence-corrected chi connectivity index (χ0v) is 13.5. The molecule has 6 nitrogen and oxygen atoms in total. The molecule has 2 heterocycles. The van der Waals surface area contributed by atoms with Gasteiger partial charge in [-0.3, -0.25) is 14.9 Å². The maximum atomic E-state index is 12.7. The lowest BCUT2D eigenvalue weighted by Crippen LogP contribution is -2.44. The van der Waals surface area contributed by atoms with Crippen molar-refractivity contribution in [2.75, 3.05) is 26.2 Å². The van der Waals surface area contributed by atoms with E-state index in [0.29, 0.717) is 23.0 Å². The number of amides is 1. The van der Waals surface area contributed by atoms with E-state index in [2.05, 4.69) is 5.32 Å². The second-order valence-corrected chi connectivity index (χ2v) is 6.67. The molecule has 0 aromatic heterocycles. The van der Waals surface area contributed by atoms with Gasteiger partial charge in [-0.25, -0.2) is 0 Å². The summed E-state index contributed by atoms with van der Waals surface area (Å²) in [7, 11) is 0. The van der Waals surface area contributed by atoms with Gasteiger partial charge in [-0.05, 0) is 43.7 Å². The number of hydrogen-bond acceptors (Lipinski definition) is 4. The van der Waals surface area contributed by atoms with Crippen molar-refractivity contribution in [3.8, 4) is 0 Å². The van der Waals surface area contributed by atoms with Crippen LogP contribution in [0.15, 0.2) is 18.2 Å². The number of carbonyl (C=O) groups is 1. The standard InChI is InChI=1S/C17H23N3O3/c1-2-13-3-4-14(11-15(13)20(22)23)16(21)19-9-6-17(7-10-19)5-8-18-12-17/h3-4,11,18H,2,5-10,12H2,1H3. The van der Waals surface area contributed by atoms with Crippen molar-refractivity contribution < 1.29 is 9.72 Å². The van der Waals surface area contributed by atoms with Crippen LogP contribution in [0.1, 0.15) is 42.1 Å². The highest BCUT2D eigenvalue weighted by molar-refractivity contribution is 5.95. The summed E-state index contributed by atoms with van der Waals surface area (Å²) in [6.07, 6.45) is 3.80. The molecule has 2 aliphatic heterocycles. The van der Waals surface area contributed by atoms with E-state index >= 15 is 0 Å². The van der Waals surface area contributed by atoms with Gasteiger partial charge in [0.05, 0.1) is 4.92 Å². The molecule has 1 spiro atoms. The highest BCUT2D eigenvalue weighted by atomic mass is 16.6. The van der Waals surface area contributed by atoms with Crippen LogP contribution >= 0.6 is 0 Å². The van der Waals surface area contributed by atoms with Gasteiger partial charge in [-0.2, -0.15) is 0 Å². The number of carbonyl (C=O) groups excluding carboxylic acids is 1. The van der Waals surface area contributed by atoms with E-state index in [-0.39, 0.29) is 11.6 Å². The number of hydrogen-bond donors (Lipinski definition) is 1. The third-order valence-corrected chi connectivity index (χ3v) is 5.35. The van der Waals surface area contributed by atoms with Crippen LogP contribution in [-0.2, 0) is 6.42 Å². The molecule has 0 atom stereocenters. The molecule has 0 aliphatic carbocycles. The molecule has 2 saturated heterocycles. The molecule has 0 saturated carbocycles. The topological polar surface area (TPSA) is 75.5 Å². The van der Waals surface area contributed by atoms with Gasteiger partial charge in [-0.15, -0.1) is 0 Å². The van der Waals surface area contributed by atoms with Crippen LogP contribution in [0.25, 0.3) is 0 Å². The Balaban J connectivity index is 1.73. The molecule has 0 radical (unpaired) electrons. The van der Waals surface area contributed by atoms with E-state index in [9.17, 15) is 14.9 Å². The van der Waals surface area contributed by atoms with Crippen molar-refractivity contribution in [1.82, 2.24) is 10.2 Å². The van der Waals surface area contributed by atoms with E-state index in [1.54, 1.807) is 12.1 Å². The number of piperidine rings is 1. The van der Waals surface area contributed by atoms with Crippen LogP contribution in [-0.4, -0.2) is 41.9 Å². The Bertz CT molecular complexity index is 614. The molecular formula is C17H23N3O3. The van der Waals surface area contributed by atoms with Crippen molar-refractivity contribution in [2.45, 2.75) is 32.6 Å². The second-order valence-electron chi connectivity index (χ2n) is 6.67. The highest BCUT2D eigenvalue weighted by Gasteiger charge is 2.38. The van der Waals surface area contributed by atoms with Crippen LogP contribution in [0.5, 0.6) is 0 Å². The third-order valence-electron chi connectivity index (χ3n) is 5.35. The fourth-order valence-corrected chi connectivity index (χ4v) is 3.75. The fraction of sp³-hybridized carbons (Fsp3) is 0.588. The molecule has 2 fully saturated rings. The summed E-state index contributed by atoms with van der Waals surface area (Å²) in [4.78, 5) is 25.3.